The summed E-state index contributed by atoms with van der Waals surface area (Å²) in [4.78, 5) is 0. The Kier molecular flexibility index (Phi) is 5.61. The van der Waals surface area contributed by atoms with Crippen molar-refractivity contribution in [2.75, 3.05) is 13.7 Å². The first-order chi connectivity index (χ1) is 5.87. The average Bonchev–Trinajstić information content (AvgIpc) is 2.00. The van der Waals surface area contributed by atoms with Gasteiger partial charge in [0.2, 0.25) is 0 Å². The van der Waals surface area contributed by atoms with Crippen molar-refractivity contribution in [1.29, 1.82) is 0 Å². The van der Waals surface area contributed by atoms with Crippen LogP contribution in [-0.2, 0) is 4.74 Å². The van der Waals surface area contributed by atoms with Gasteiger partial charge in [0.05, 0.1) is 5.60 Å². The van der Waals surface area contributed by atoms with E-state index in [1.54, 1.807) is 7.11 Å². The van der Waals surface area contributed by atoms with E-state index in [0.29, 0.717) is 17.6 Å². The number of hydrogen-bond acceptors (Lipinski definition) is 2. The molecule has 0 spiro atoms. The Morgan fingerprint density at radius 3 is 2.54 bits per heavy atom. The second kappa shape index (κ2) is 5.63. The maximum absolute atomic E-state index is 5.64. The van der Waals surface area contributed by atoms with E-state index in [0.717, 1.165) is 6.42 Å². The van der Waals surface area contributed by atoms with E-state index in [-0.39, 0.29) is 5.60 Å². The van der Waals surface area contributed by atoms with E-state index < -0.39 is 0 Å². The molecule has 0 heterocycles. The van der Waals surface area contributed by atoms with Gasteiger partial charge in [0.1, 0.15) is 0 Å². The first-order valence-corrected chi connectivity index (χ1v) is 4.87. The van der Waals surface area contributed by atoms with Crippen LogP contribution < -0.4 is 5.32 Å². The second-order valence-corrected chi connectivity index (χ2v) is 4.50. The fourth-order valence-electron chi connectivity index (χ4n) is 1.18. The summed E-state index contributed by atoms with van der Waals surface area (Å²) in [5.41, 5.74) is -0.0833. The molecule has 0 bridgehead atoms. The van der Waals surface area contributed by atoms with Crippen molar-refractivity contribution in [1.82, 2.24) is 5.32 Å². The minimum absolute atomic E-state index is 0.0833. The van der Waals surface area contributed by atoms with Crippen LogP contribution in [0.1, 0.15) is 27.2 Å². The molecule has 0 aliphatic heterocycles. The molecule has 1 unspecified atom stereocenters. The third-order valence-corrected chi connectivity index (χ3v) is 2.13. The molecule has 0 amide bonds. The summed E-state index contributed by atoms with van der Waals surface area (Å²) in [7, 11) is 1.73. The van der Waals surface area contributed by atoms with Gasteiger partial charge in [-0.2, -0.15) is 0 Å². The summed E-state index contributed by atoms with van der Waals surface area (Å²) in [5.74, 6) is 0. The molecule has 0 saturated carbocycles. The molecular weight excluding hydrogens is 186 g/mol. The van der Waals surface area contributed by atoms with Crippen LogP contribution in [0.25, 0.3) is 0 Å². The van der Waals surface area contributed by atoms with Crippen molar-refractivity contribution in [2.45, 2.75) is 38.8 Å². The summed E-state index contributed by atoms with van der Waals surface area (Å²) < 4.78 is 5.32. The van der Waals surface area contributed by atoms with Gasteiger partial charge in [0.15, 0.2) is 0 Å². The Labute approximate surface area is 86.3 Å². The molecule has 0 aromatic carbocycles. The van der Waals surface area contributed by atoms with Gasteiger partial charge in [-0.05, 0) is 27.2 Å². The summed E-state index contributed by atoms with van der Waals surface area (Å²) in [5, 5.41) is 3.90. The molecular formula is C10H20ClNO. The van der Waals surface area contributed by atoms with Crippen molar-refractivity contribution in [2.24, 2.45) is 0 Å². The summed E-state index contributed by atoms with van der Waals surface area (Å²) in [6.07, 6.45) is 0.952. The summed E-state index contributed by atoms with van der Waals surface area (Å²) >= 11 is 5.64. The second-order valence-electron chi connectivity index (χ2n) is 3.97. The van der Waals surface area contributed by atoms with Crippen molar-refractivity contribution >= 4 is 11.6 Å². The Morgan fingerprint density at radius 2 is 2.15 bits per heavy atom. The monoisotopic (exact) mass is 205 g/mol. The van der Waals surface area contributed by atoms with Gasteiger partial charge in [0, 0.05) is 24.7 Å². The summed E-state index contributed by atoms with van der Waals surface area (Å²) in [6, 6.07) is 0.380. The maximum Gasteiger partial charge on any atom is 0.0637 e. The van der Waals surface area contributed by atoms with Gasteiger partial charge in [0.25, 0.3) is 0 Å². The zero-order chi connectivity index (χ0) is 10.5. The Balaban J connectivity index is 3.73. The summed E-state index contributed by atoms with van der Waals surface area (Å²) in [6.45, 7) is 10.5. The number of methoxy groups -OCH3 is 1. The molecule has 0 aliphatic rings. The number of nitrogens with one attached hydrogen (secondary N) is 1. The van der Waals surface area contributed by atoms with E-state index in [2.05, 4.69) is 32.7 Å². The highest BCUT2D eigenvalue weighted by Gasteiger charge is 2.19. The van der Waals surface area contributed by atoms with Crippen LogP contribution in [0.3, 0.4) is 0 Å². The number of ether oxygens (including phenoxy) is 1. The molecule has 1 N–H and O–H groups in total. The Morgan fingerprint density at radius 1 is 1.62 bits per heavy atom. The molecule has 0 aliphatic carbocycles. The van der Waals surface area contributed by atoms with Gasteiger partial charge >= 0.3 is 0 Å². The third kappa shape index (κ3) is 7.05. The lowest BCUT2D eigenvalue weighted by Gasteiger charge is -2.27. The predicted molar refractivity (Wildman–Crippen MR) is 58.2 cm³/mol. The van der Waals surface area contributed by atoms with Crippen LogP contribution in [0.15, 0.2) is 11.6 Å². The van der Waals surface area contributed by atoms with Crippen LogP contribution in [0.5, 0.6) is 0 Å². The Bertz CT molecular complexity index is 168. The Hall–Kier alpha value is -0.0500. The largest absolute Gasteiger partial charge is 0.379 e. The van der Waals surface area contributed by atoms with Gasteiger partial charge in [-0.1, -0.05) is 18.2 Å². The molecule has 0 fully saturated rings. The van der Waals surface area contributed by atoms with Crippen molar-refractivity contribution < 1.29 is 4.74 Å². The molecule has 1 atom stereocenters. The standard InChI is InChI=1S/C10H20ClNO/c1-8(11)7-12-9(2)6-10(3,4)13-5/h9,12H,1,6-7H2,2-5H3. The minimum atomic E-state index is -0.0833. The predicted octanol–water partition coefficient (Wildman–Crippen LogP) is 2.53. The minimum Gasteiger partial charge on any atom is -0.379 e. The molecule has 0 saturated heterocycles. The van der Waals surface area contributed by atoms with Crippen molar-refractivity contribution in [3.8, 4) is 0 Å². The fourth-order valence-corrected chi connectivity index (χ4v) is 1.26. The number of halogens is 1. The van der Waals surface area contributed by atoms with Crippen LogP contribution in [0, 0.1) is 0 Å². The number of rotatable bonds is 6. The lowest BCUT2D eigenvalue weighted by molar-refractivity contribution is 0.00884. The third-order valence-electron chi connectivity index (χ3n) is 1.99. The van der Waals surface area contributed by atoms with E-state index in [9.17, 15) is 0 Å². The average molecular weight is 206 g/mol. The molecule has 3 heteroatoms. The highest BCUT2D eigenvalue weighted by molar-refractivity contribution is 6.29. The lowest BCUT2D eigenvalue weighted by Crippen LogP contribution is -2.36. The molecule has 0 rings (SSSR count). The highest BCUT2D eigenvalue weighted by Crippen LogP contribution is 2.15. The van der Waals surface area contributed by atoms with E-state index >= 15 is 0 Å². The van der Waals surface area contributed by atoms with Gasteiger partial charge in [-0.3, -0.25) is 0 Å². The zero-order valence-electron chi connectivity index (χ0n) is 8.98. The zero-order valence-corrected chi connectivity index (χ0v) is 9.74. The van der Waals surface area contributed by atoms with Crippen LogP contribution in [-0.4, -0.2) is 25.3 Å². The maximum atomic E-state index is 5.64. The molecule has 0 radical (unpaired) electrons. The van der Waals surface area contributed by atoms with E-state index in [4.69, 9.17) is 16.3 Å². The first-order valence-electron chi connectivity index (χ1n) is 4.49. The topological polar surface area (TPSA) is 21.3 Å². The fraction of sp³-hybridized carbons (Fsp3) is 0.800. The van der Waals surface area contributed by atoms with Crippen molar-refractivity contribution in [3.05, 3.63) is 11.6 Å². The SMILES string of the molecule is C=C(Cl)CNC(C)CC(C)(C)OC. The van der Waals surface area contributed by atoms with Gasteiger partial charge < -0.3 is 10.1 Å². The van der Waals surface area contributed by atoms with Crippen molar-refractivity contribution in [3.63, 3.8) is 0 Å². The smallest absolute Gasteiger partial charge is 0.0637 e. The van der Waals surface area contributed by atoms with Crippen LogP contribution >= 0.6 is 11.6 Å². The van der Waals surface area contributed by atoms with Crippen LogP contribution in [0.4, 0.5) is 0 Å². The van der Waals surface area contributed by atoms with Crippen LogP contribution in [0.2, 0.25) is 0 Å². The quantitative estimate of drug-likeness (QED) is 0.720. The lowest BCUT2D eigenvalue weighted by atomic mass is 10.00. The molecule has 0 aromatic rings. The molecule has 2 nitrogen and oxygen atoms in total. The molecule has 13 heavy (non-hydrogen) atoms. The van der Waals surface area contributed by atoms with E-state index in [1.165, 1.54) is 0 Å². The highest BCUT2D eigenvalue weighted by atomic mass is 35.5. The van der Waals surface area contributed by atoms with Gasteiger partial charge in [-0.25, -0.2) is 0 Å². The van der Waals surface area contributed by atoms with Gasteiger partial charge in [-0.15, -0.1) is 0 Å². The molecule has 0 aromatic heterocycles. The molecule has 78 valence electrons. The first kappa shape index (κ1) is 12.9. The van der Waals surface area contributed by atoms with E-state index in [1.807, 2.05) is 0 Å². The number of hydrogen-bond donors (Lipinski definition) is 1. The normalized spacial score (nSPS) is 14.2.